The topological polar surface area (TPSA) is 85.6 Å². The fourth-order valence-corrected chi connectivity index (χ4v) is 3.89. The Kier molecular flexibility index (Phi) is 7.12. The minimum absolute atomic E-state index is 0.127. The standard InChI is InChI=1S/C25H32N6O2/c1-17-9-10-19(15-23(17)32-4)11-13-26-25(27-16-24-30-29-18(2)31(24)3)28-21-12-14-33-22-8-6-5-7-20(21)22/h5-10,15,21H,11-14,16H2,1-4H3,(H2,26,27,28). The molecule has 2 heterocycles. The van der Waals surface area contributed by atoms with Gasteiger partial charge in [-0.2, -0.15) is 0 Å². The lowest BCUT2D eigenvalue weighted by Gasteiger charge is -2.28. The number of aryl methyl sites for hydroxylation is 2. The van der Waals surface area contributed by atoms with Gasteiger partial charge in [0.2, 0.25) is 0 Å². The molecule has 174 valence electrons. The van der Waals surface area contributed by atoms with Crippen molar-refractivity contribution in [1.82, 2.24) is 25.4 Å². The van der Waals surface area contributed by atoms with E-state index in [0.29, 0.717) is 13.2 Å². The number of nitrogens with zero attached hydrogens (tertiary/aromatic N) is 4. The second-order valence-corrected chi connectivity index (χ2v) is 8.24. The van der Waals surface area contributed by atoms with Crippen LogP contribution in [0.5, 0.6) is 11.5 Å². The molecule has 1 unspecified atom stereocenters. The van der Waals surface area contributed by atoms with Gasteiger partial charge < -0.3 is 24.7 Å². The van der Waals surface area contributed by atoms with Gasteiger partial charge in [0.15, 0.2) is 11.8 Å². The average Bonchev–Trinajstić information content (AvgIpc) is 3.16. The van der Waals surface area contributed by atoms with Crippen LogP contribution in [0.15, 0.2) is 47.5 Å². The van der Waals surface area contributed by atoms with Gasteiger partial charge >= 0.3 is 0 Å². The first-order valence-electron chi connectivity index (χ1n) is 11.3. The molecule has 0 saturated heterocycles. The highest BCUT2D eigenvalue weighted by Crippen LogP contribution is 2.31. The Bertz CT molecular complexity index is 1120. The third-order valence-corrected chi connectivity index (χ3v) is 6.01. The van der Waals surface area contributed by atoms with E-state index in [1.54, 1.807) is 7.11 Å². The first kappa shape index (κ1) is 22.6. The van der Waals surface area contributed by atoms with Crippen LogP contribution in [0.3, 0.4) is 0 Å². The van der Waals surface area contributed by atoms with E-state index in [1.165, 1.54) is 5.56 Å². The molecule has 0 amide bonds. The van der Waals surface area contributed by atoms with Crippen molar-refractivity contribution < 1.29 is 9.47 Å². The summed E-state index contributed by atoms with van der Waals surface area (Å²) in [6.45, 7) is 5.84. The second-order valence-electron chi connectivity index (χ2n) is 8.24. The molecule has 2 aromatic carbocycles. The first-order valence-corrected chi connectivity index (χ1v) is 11.3. The molecule has 0 saturated carbocycles. The lowest BCUT2D eigenvalue weighted by Crippen LogP contribution is -2.42. The van der Waals surface area contributed by atoms with Gasteiger partial charge in [0, 0.05) is 25.6 Å². The van der Waals surface area contributed by atoms with E-state index in [-0.39, 0.29) is 6.04 Å². The molecule has 1 aromatic heterocycles. The number of hydrogen-bond acceptors (Lipinski definition) is 5. The van der Waals surface area contributed by atoms with Crippen LogP contribution in [-0.4, -0.2) is 41.0 Å². The molecule has 0 radical (unpaired) electrons. The van der Waals surface area contributed by atoms with Gasteiger partial charge in [-0.1, -0.05) is 30.3 Å². The summed E-state index contributed by atoms with van der Waals surface area (Å²) in [6.07, 6.45) is 1.72. The van der Waals surface area contributed by atoms with Crippen molar-refractivity contribution in [2.24, 2.45) is 12.0 Å². The number of benzene rings is 2. The maximum atomic E-state index is 5.82. The van der Waals surface area contributed by atoms with Crippen molar-refractivity contribution in [1.29, 1.82) is 0 Å². The summed E-state index contributed by atoms with van der Waals surface area (Å²) in [5.74, 6) is 4.28. The lowest BCUT2D eigenvalue weighted by atomic mass is 10.0. The van der Waals surface area contributed by atoms with Crippen molar-refractivity contribution in [2.75, 3.05) is 20.3 Å². The fourth-order valence-electron chi connectivity index (χ4n) is 3.89. The van der Waals surface area contributed by atoms with Crippen molar-refractivity contribution in [3.8, 4) is 11.5 Å². The van der Waals surface area contributed by atoms with Gasteiger partial charge in [-0.15, -0.1) is 10.2 Å². The van der Waals surface area contributed by atoms with Crippen LogP contribution in [0, 0.1) is 13.8 Å². The fraction of sp³-hybridized carbons (Fsp3) is 0.400. The molecule has 33 heavy (non-hydrogen) atoms. The van der Waals surface area contributed by atoms with Gasteiger partial charge in [0.1, 0.15) is 23.9 Å². The van der Waals surface area contributed by atoms with Crippen LogP contribution in [-0.2, 0) is 20.0 Å². The Balaban J connectivity index is 1.48. The summed E-state index contributed by atoms with van der Waals surface area (Å²) >= 11 is 0. The summed E-state index contributed by atoms with van der Waals surface area (Å²) in [5, 5.41) is 15.5. The smallest absolute Gasteiger partial charge is 0.192 e. The predicted octanol–water partition coefficient (Wildman–Crippen LogP) is 3.24. The van der Waals surface area contributed by atoms with Gasteiger partial charge in [0.05, 0.1) is 19.8 Å². The van der Waals surface area contributed by atoms with E-state index in [4.69, 9.17) is 14.5 Å². The number of methoxy groups -OCH3 is 1. The molecule has 2 N–H and O–H groups in total. The van der Waals surface area contributed by atoms with E-state index in [9.17, 15) is 0 Å². The number of nitrogens with one attached hydrogen (secondary N) is 2. The normalized spacial score (nSPS) is 15.5. The van der Waals surface area contributed by atoms with Gasteiger partial charge in [-0.3, -0.25) is 0 Å². The van der Waals surface area contributed by atoms with E-state index < -0.39 is 0 Å². The van der Waals surface area contributed by atoms with Crippen molar-refractivity contribution in [2.45, 2.75) is 39.3 Å². The third-order valence-electron chi connectivity index (χ3n) is 6.01. The Hall–Kier alpha value is -3.55. The molecule has 0 spiro atoms. The number of aliphatic imine (C=N–C) groups is 1. The quantitative estimate of drug-likeness (QED) is 0.426. The van der Waals surface area contributed by atoms with Gasteiger partial charge in [-0.05, 0) is 43.5 Å². The van der Waals surface area contributed by atoms with Crippen molar-refractivity contribution in [3.63, 3.8) is 0 Å². The van der Waals surface area contributed by atoms with E-state index in [0.717, 1.165) is 59.6 Å². The minimum Gasteiger partial charge on any atom is -0.496 e. The monoisotopic (exact) mass is 448 g/mol. The Morgan fingerprint density at radius 3 is 2.85 bits per heavy atom. The molecule has 3 aromatic rings. The zero-order valence-corrected chi connectivity index (χ0v) is 19.8. The number of aromatic nitrogens is 3. The molecule has 0 fully saturated rings. The highest BCUT2D eigenvalue weighted by Gasteiger charge is 2.22. The maximum Gasteiger partial charge on any atom is 0.192 e. The summed E-state index contributed by atoms with van der Waals surface area (Å²) in [5.41, 5.74) is 3.50. The van der Waals surface area contributed by atoms with E-state index in [1.807, 2.05) is 36.7 Å². The largest absolute Gasteiger partial charge is 0.496 e. The molecule has 1 aliphatic rings. The van der Waals surface area contributed by atoms with Crippen LogP contribution in [0.1, 0.15) is 40.8 Å². The third kappa shape index (κ3) is 5.45. The average molecular weight is 449 g/mol. The predicted molar refractivity (Wildman–Crippen MR) is 129 cm³/mol. The van der Waals surface area contributed by atoms with Crippen LogP contribution < -0.4 is 20.1 Å². The molecular weight excluding hydrogens is 416 g/mol. The molecule has 1 atom stereocenters. The Morgan fingerprint density at radius 2 is 2.06 bits per heavy atom. The number of hydrogen-bond donors (Lipinski definition) is 2. The summed E-state index contributed by atoms with van der Waals surface area (Å²) in [6, 6.07) is 14.6. The Labute approximate surface area is 195 Å². The molecular formula is C25H32N6O2. The van der Waals surface area contributed by atoms with Crippen LogP contribution >= 0.6 is 0 Å². The van der Waals surface area contributed by atoms with Gasteiger partial charge in [0.25, 0.3) is 0 Å². The second kappa shape index (κ2) is 10.4. The van der Waals surface area contributed by atoms with Gasteiger partial charge in [-0.25, -0.2) is 4.99 Å². The molecule has 4 rings (SSSR count). The number of guanidine groups is 1. The number of ether oxygens (including phenoxy) is 2. The molecule has 0 bridgehead atoms. The zero-order valence-electron chi connectivity index (χ0n) is 19.8. The SMILES string of the molecule is COc1cc(CCNC(=NCc2nnc(C)n2C)NC2CCOc3ccccc32)ccc1C. The Morgan fingerprint density at radius 1 is 1.21 bits per heavy atom. The molecule has 8 heteroatoms. The summed E-state index contributed by atoms with van der Waals surface area (Å²) in [7, 11) is 3.67. The molecule has 8 nitrogen and oxygen atoms in total. The minimum atomic E-state index is 0.127. The maximum absolute atomic E-state index is 5.82. The van der Waals surface area contributed by atoms with E-state index >= 15 is 0 Å². The number of rotatable bonds is 7. The molecule has 0 aliphatic carbocycles. The summed E-state index contributed by atoms with van der Waals surface area (Å²) < 4.78 is 13.2. The van der Waals surface area contributed by atoms with Crippen LogP contribution in [0.2, 0.25) is 0 Å². The van der Waals surface area contributed by atoms with E-state index in [2.05, 4.69) is 52.0 Å². The highest BCUT2D eigenvalue weighted by atomic mass is 16.5. The first-order chi connectivity index (χ1) is 16.0. The highest BCUT2D eigenvalue weighted by molar-refractivity contribution is 5.80. The number of para-hydroxylation sites is 1. The van der Waals surface area contributed by atoms with Crippen molar-refractivity contribution in [3.05, 3.63) is 70.8 Å². The zero-order chi connectivity index (χ0) is 23.2. The van der Waals surface area contributed by atoms with Crippen molar-refractivity contribution >= 4 is 5.96 Å². The van der Waals surface area contributed by atoms with Crippen LogP contribution in [0.25, 0.3) is 0 Å². The summed E-state index contributed by atoms with van der Waals surface area (Å²) in [4.78, 5) is 4.82. The molecule has 1 aliphatic heterocycles. The van der Waals surface area contributed by atoms with Crippen LogP contribution in [0.4, 0.5) is 0 Å². The lowest BCUT2D eigenvalue weighted by molar-refractivity contribution is 0.261. The number of fused-ring (bicyclic) bond motifs is 1.